The van der Waals surface area contributed by atoms with Crippen LogP contribution in [0.2, 0.25) is 0 Å². The number of halogens is 1. The summed E-state index contributed by atoms with van der Waals surface area (Å²) in [5.74, 6) is -0.0431. The molecule has 9 heteroatoms. The Labute approximate surface area is 169 Å². The zero-order valence-corrected chi connectivity index (χ0v) is 17.6. The molecule has 0 radical (unpaired) electrons. The summed E-state index contributed by atoms with van der Waals surface area (Å²) in [5, 5.41) is 9.01. The van der Waals surface area contributed by atoms with Crippen molar-refractivity contribution in [3.8, 4) is 0 Å². The monoisotopic (exact) mass is 406 g/mol. The fourth-order valence-electron chi connectivity index (χ4n) is 2.24. The summed E-state index contributed by atoms with van der Waals surface area (Å²) in [5.41, 5.74) is -0.597. The lowest BCUT2D eigenvalue weighted by molar-refractivity contribution is -0.116. The van der Waals surface area contributed by atoms with Gasteiger partial charge in [-0.05, 0) is 39.0 Å². The highest BCUT2D eigenvalue weighted by Gasteiger charge is 2.21. The van der Waals surface area contributed by atoms with E-state index in [2.05, 4.69) is 20.8 Å². The Hall–Kier alpha value is -2.97. The topological polar surface area (TPSA) is 106 Å². The van der Waals surface area contributed by atoms with Gasteiger partial charge in [-0.25, -0.2) is 9.18 Å². The lowest BCUT2D eigenvalue weighted by Crippen LogP contribution is -2.27. The van der Waals surface area contributed by atoms with E-state index in [1.54, 1.807) is 20.8 Å². The first-order valence-corrected chi connectivity index (χ1v) is 9.26. The van der Waals surface area contributed by atoms with Gasteiger partial charge in [0.05, 0.1) is 11.4 Å². The normalized spacial score (nSPS) is 11.8. The number of anilines is 2. The van der Waals surface area contributed by atoms with Crippen molar-refractivity contribution in [2.24, 2.45) is 0 Å². The van der Waals surface area contributed by atoms with E-state index in [-0.39, 0.29) is 29.6 Å². The minimum absolute atomic E-state index is 0.0498. The number of nitrogens with one attached hydrogen (secondary N) is 2. The van der Waals surface area contributed by atoms with Crippen LogP contribution in [0, 0.1) is 5.82 Å². The molecule has 0 spiro atoms. The van der Waals surface area contributed by atoms with E-state index >= 15 is 0 Å². The van der Waals surface area contributed by atoms with Gasteiger partial charge in [0, 0.05) is 18.3 Å². The maximum absolute atomic E-state index is 13.6. The first-order valence-electron chi connectivity index (χ1n) is 9.26. The quantitative estimate of drug-likeness (QED) is 0.761. The minimum atomic E-state index is -0.708. The van der Waals surface area contributed by atoms with Gasteiger partial charge in [-0.1, -0.05) is 25.9 Å². The third-order valence-corrected chi connectivity index (χ3v) is 3.60. The summed E-state index contributed by atoms with van der Waals surface area (Å²) in [6.45, 7) is 11.0. The van der Waals surface area contributed by atoms with Crippen molar-refractivity contribution >= 4 is 23.4 Å². The zero-order valence-electron chi connectivity index (χ0n) is 17.6. The summed E-state index contributed by atoms with van der Waals surface area (Å²) in [6, 6.07) is 3.65. The number of hydrogen-bond acceptors (Lipinski definition) is 6. The average molecular weight is 406 g/mol. The molecule has 0 unspecified atom stereocenters. The Morgan fingerprint density at radius 2 is 1.79 bits per heavy atom. The highest BCUT2D eigenvalue weighted by molar-refractivity contribution is 5.97. The molecule has 0 bridgehead atoms. The number of benzene rings is 1. The van der Waals surface area contributed by atoms with Gasteiger partial charge in [-0.2, -0.15) is 4.98 Å². The van der Waals surface area contributed by atoms with E-state index in [0.29, 0.717) is 11.7 Å². The molecule has 2 aromatic rings. The Kier molecular flexibility index (Phi) is 6.61. The van der Waals surface area contributed by atoms with Crippen LogP contribution in [0.5, 0.6) is 0 Å². The molecule has 0 fully saturated rings. The zero-order chi connectivity index (χ0) is 21.8. The van der Waals surface area contributed by atoms with Crippen LogP contribution in [0.3, 0.4) is 0 Å². The first kappa shape index (κ1) is 22.3. The minimum Gasteiger partial charge on any atom is -0.444 e. The number of carbonyl (C=O) groups excluding carboxylic acids is 2. The summed E-state index contributed by atoms with van der Waals surface area (Å²) in [6.07, 6.45) is -0.423. The predicted octanol–water partition coefficient (Wildman–Crippen LogP) is 4.42. The number of aromatic nitrogens is 2. The number of rotatable bonds is 5. The van der Waals surface area contributed by atoms with Gasteiger partial charge in [0.15, 0.2) is 5.82 Å². The lowest BCUT2D eigenvalue weighted by atomic mass is 9.96. The molecule has 0 atom stereocenters. The Morgan fingerprint density at radius 1 is 1.10 bits per heavy atom. The number of hydrogen-bond donors (Lipinski definition) is 2. The van der Waals surface area contributed by atoms with Crippen molar-refractivity contribution in [3.05, 3.63) is 35.7 Å². The van der Waals surface area contributed by atoms with E-state index in [9.17, 15) is 14.0 Å². The summed E-state index contributed by atoms with van der Waals surface area (Å²) >= 11 is 0. The molecule has 0 saturated heterocycles. The lowest BCUT2D eigenvalue weighted by Gasteiger charge is -2.20. The van der Waals surface area contributed by atoms with Crippen molar-refractivity contribution in [3.63, 3.8) is 0 Å². The smallest absolute Gasteiger partial charge is 0.412 e. The fourth-order valence-corrected chi connectivity index (χ4v) is 2.24. The summed E-state index contributed by atoms with van der Waals surface area (Å²) in [4.78, 5) is 28.6. The van der Waals surface area contributed by atoms with Crippen LogP contribution in [0.1, 0.15) is 59.7 Å². The summed E-state index contributed by atoms with van der Waals surface area (Å²) < 4.78 is 24.0. The molecular weight excluding hydrogens is 379 g/mol. The number of ether oxygens (including phenoxy) is 1. The molecule has 0 aliphatic carbocycles. The van der Waals surface area contributed by atoms with E-state index in [1.807, 2.05) is 20.8 Å². The van der Waals surface area contributed by atoms with E-state index in [0.717, 1.165) is 6.07 Å². The second-order valence-corrected chi connectivity index (χ2v) is 8.63. The molecule has 1 aromatic carbocycles. The highest BCUT2D eigenvalue weighted by Crippen LogP contribution is 2.24. The molecule has 1 heterocycles. The van der Waals surface area contributed by atoms with Gasteiger partial charge in [0.1, 0.15) is 11.4 Å². The second-order valence-electron chi connectivity index (χ2n) is 8.63. The number of aryl methyl sites for hydroxylation is 1. The van der Waals surface area contributed by atoms with Crippen LogP contribution >= 0.6 is 0 Å². The van der Waals surface area contributed by atoms with Crippen LogP contribution in [0.25, 0.3) is 0 Å². The van der Waals surface area contributed by atoms with Crippen LogP contribution in [0.15, 0.2) is 22.7 Å². The van der Waals surface area contributed by atoms with E-state index in [1.165, 1.54) is 12.1 Å². The molecule has 29 heavy (non-hydrogen) atoms. The van der Waals surface area contributed by atoms with Crippen LogP contribution < -0.4 is 10.6 Å². The van der Waals surface area contributed by atoms with E-state index in [4.69, 9.17) is 9.26 Å². The molecular formula is C20H27FN4O4. The van der Waals surface area contributed by atoms with Crippen molar-refractivity contribution in [2.75, 3.05) is 10.6 Å². The van der Waals surface area contributed by atoms with Gasteiger partial charge in [0.2, 0.25) is 11.8 Å². The van der Waals surface area contributed by atoms with Crippen molar-refractivity contribution in [1.29, 1.82) is 0 Å². The molecule has 0 aliphatic heterocycles. The highest BCUT2D eigenvalue weighted by atomic mass is 19.1. The average Bonchev–Trinajstić information content (AvgIpc) is 3.03. The standard InChI is InChI=1S/C20H27FN4O4/c1-19(2,3)17-24-16(29-25-17)10-9-15(26)22-14-11-12(21)7-8-13(14)23-18(27)28-20(4,5)6/h7-8,11H,9-10H2,1-6H3,(H,22,26)(H,23,27). The number of nitrogens with zero attached hydrogens (tertiary/aromatic N) is 2. The third kappa shape index (κ3) is 7.17. The van der Waals surface area contributed by atoms with Gasteiger partial charge >= 0.3 is 6.09 Å². The maximum atomic E-state index is 13.6. The molecule has 8 nitrogen and oxygen atoms in total. The second kappa shape index (κ2) is 8.59. The fraction of sp³-hybridized carbons (Fsp3) is 0.500. The molecule has 2 N–H and O–H groups in total. The number of amides is 2. The predicted molar refractivity (Wildman–Crippen MR) is 106 cm³/mol. The molecule has 0 aliphatic rings. The molecule has 0 saturated carbocycles. The molecule has 1 aromatic heterocycles. The number of carbonyl (C=O) groups is 2. The third-order valence-electron chi connectivity index (χ3n) is 3.60. The van der Waals surface area contributed by atoms with Crippen LogP contribution in [-0.2, 0) is 21.4 Å². The first-order chi connectivity index (χ1) is 13.3. The molecule has 2 amide bonds. The maximum Gasteiger partial charge on any atom is 0.412 e. The van der Waals surface area contributed by atoms with Crippen molar-refractivity contribution in [1.82, 2.24) is 10.1 Å². The van der Waals surface area contributed by atoms with Gasteiger partial charge in [-0.15, -0.1) is 0 Å². The molecule has 2 rings (SSSR count). The SMILES string of the molecule is CC(C)(C)OC(=O)Nc1ccc(F)cc1NC(=O)CCc1nc(C(C)(C)C)no1. The Morgan fingerprint density at radius 3 is 2.38 bits per heavy atom. The van der Waals surface area contributed by atoms with Gasteiger partial charge in [0.25, 0.3) is 0 Å². The van der Waals surface area contributed by atoms with Crippen LogP contribution in [-0.4, -0.2) is 27.7 Å². The van der Waals surface area contributed by atoms with Gasteiger partial charge < -0.3 is 14.6 Å². The van der Waals surface area contributed by atoms with Crippen molar-refractivity contribution < 1.29 is 23.2 Å². The largest absolute Gasteiger partial charge is 0.444 e. The summed E-state index contributed by atoms with van der Waals surface area (Å²) in [7, 11) is 0. The van der Waals surface area contributed by atoms with Crippen molar-refractivity contribution in [2.45, 2.75) is 65.4 Å². The van der Waals surface area contributed by atoms with E-state index < -0.39 is 23.4 Å². The van der Waals surface area contributed by atoms with Gasteiger partial charge in [-0.3, -0.25) is 10.1 Å². The Bertz CT molecular complexity index is 881. The van der Waals surface area contributed by atoms with Crippen LogP contribution in [0.4, 0.5) is 20.6 Å². The Balaban J connectivity index is 2.01. The molecule has 158 valence electrons.